The Hall–Kier alpha value is -1.25. The van der Waals surface area contributed by atoms with Crippen molar-refractivity contribution in [3.63, 3.8) is 0 Å². The van der Waals surface area contributed by atoms with Crippen molar-refractivity contribution in [3.8, 4) is 0 Å². The Kier molecular flexibility index (Phi) is 5.89. The molecule has 0 aliphatic rings. The summed E-state index contributed by atoms with van der Waals surface area (Å²) in [6, 6.07) is 7.16. The smallest absolute Gasteiger partial charge is 0.283 e. The van der Waals surface area contributed by atoms with Crippen molar-refractivity contribution >= 4 is 13.4 Å². The first kappa shape index (κ1) is 18.8. The summed E-state index contributed by atoms with van der Waals surface area (Å²) < 4.78 is 94.3. The molecule has 1 aromatic carbocycles. The second kappa shape index (κ2) is 6.89. The normalized spacial score (nSPS) is 13.2. The largest absolute Gasteiger partial charge is 0.435 e. The summed E-state index contributed by atoms with van der Waals surface area (Å²) in [4.78, 5) is 0. The molecule has 11 heteroatoms. The number of nitrogens with zero attached hydrogens (tertiary/aromatic N) is 1. The van der Waals surface area contributed by atoms with Gasteiger partial charge in [0.15, 0.2) is 13.2 Å². The van der Waals surface area contributed by atoms with E-state index in [4.69, 9.17) is 0 Å². The fourth-order valence-electron chi connectivity index (χ4n) is 1.31. The highest BCUT2D eigenvalue weighted by Gasteiger charge is 2.41. The molecule has 22 heavy (non-hydrogen) atoms. The molecule has 0 bridgehead atoms. The zero-order chi connectivity index (χ0) is 17.0. The number of hydrogen-bond donors (Lipinski definition) is 0. The van der Waals surface area contributed by atoms with Crippen molar-refractivity contribution < 1.29 is 40.0 Å². The van der Waals surface area contributed by atoms with Crippen LogP contribution in [0.4, 0.5) is 32.0 Å². The molecule has 0 aliphatic heterocycles. The second-order valence-electron chi connectivity index (χ2n) is 4.10. The molecule has 0 aromatic heterocycles. The molecule has 0 heterocycles. The molecule has 0 unspecified atom stereocenters. The van der Waals surface area contributed by atoms with E-state index in [0.717, 1.165) is 7.05 Å². The quantitative estimate of drug-likeness (QED) is 0.563. The van der Waals surface area contributed by atoms with E-state index < -0.39 is 33.3 Å². The summed E-state index contributed by atoms with van der Waals surface area (Å²) >= 11 is 0. The van der Waals surface area contributed by atoms with Gasteiger partial charge in [-0.05, 0) is 12.1 Å². The van der Waals surface area contributed by atoms with Gasteiger partial charge in [-0.2, -0.15) is 26.3 Å². The van der Waals surface area contributed by atoms with Crippen molar-refractivity contribution in [3.05, 3.63) is 30.3 Å². The van der Waals surface area contributed by atoms with Gasteiger partial charge in [-0.1, -0.05) is 18.2 Å². The zero-order valence-electron chi connectivity index (χ0n) is 11.2. The van der Waals surface area contributed by atoms with Crippen LogP contribution >= 0.6 is 7.75 Å². The molecular formula is C11H12F6NO3P. The molecule has 0 fully saturated rings. The van der Waals surface area contributed by atoms with Crippen LogP contribution in [0.5, 0.6) is 0 Å². The van der Waals surface area contributed by atoms with Gasteiger partial charge in [-0.15, -0.1) is 0 Å². The molecule has 1 rings (SSSR count). The lowest BCUT2D eigenvalue weighted by Gasteiger charge is -2.29. The SMILES string of the molecule is CN(c1ccccc1)P(=O)(OCC(F)(F)F)OCC(F)(F)F. The molecule has 0 N–H and O–H groups in total. The maximum Gasteiger partial charge on any atom is 0.435 e. The van der Waals surface area contributed by atoms with Gasteiger partial charge in [0.25, 0.3) is 0 Å². The number of alkyl halides is 6. The highest BCUT2D eigenvalue weighted by atomic mass is 31.2. The molecular weight excluding hydrogens is 339 g/mol. The van der Waals surface area contributed by atoms with E-state index in [-0.39, 0.29) is 5.69 Å². The average molecular weight is 351 g/mol. The summed E-state index contributed by atoms with van der Waals surface area (Å²) in [5, 5.41) is 0. The van der Waals surface area contributed by atoms with Crippen molar-refractivity contribution in [2.75, 3.05) is 24.9 Å². The maximum absolute atomic E-state index is 12.3. The van der Waals surface area contributed by atoms with Crippen LogP contribution in [0.3, 0.4) is 0 Å². The van der Waals surface area contributed by atoms with E-state index in [9.17, 15) is 30.9 Å². The Morgan fingerprint density at radius 3 is 1.73 bits per heavy atom. The van der Waals surface area contributed by atoms with Crippen LogP contribution in [0.25, 0.3) is 0 Å². The van der Waals surface area contributed by atoms with Gasteiger partial charge in [0.05, 0.1) is 0 Å². The fourth-order valence-corrected chi connectivity index (χ4v) is 2.76. The lowest BCUT2D eigenvalue weighted by molar-refractivity contribution is -0.165. The predicted octanol–water partition coefficient (Wildman–Crippen LogP) is 4.39. The Balaban J connectivity index is 2.97. The van der Waals surface area contributed by atoms with Crippen LogP contribution in [0.15, 0.2) is 30.3 Å². The molecule has 0 saturated carbocycles. The molecule has 0 saturated heterocycles. The van der Waals surface area contributed by atoms with Gasteiger partial charge in [0.1, 0.15) is 0 Å². The van der Waals surface area contributed by atoms with Gasteiger partial charge >= 0.3 is 20.1 Å². The van der Waals surface area contributed by atoms with E-state index >= 15 is 0 Å². The lowest BCUT2D eigenvalue weighted by Crippen LogP contribution is -2.26. The number of benzene rings is 1. The third-order valence-corrected chi connectivity index (χ3v) is 4.16. The Morgan fingerprint density at radius 2 is 1.36 bits per heavy atom. The van der Waals surface area contributed by atoms with E-state index in [0.29, 0.717) is 4.67 Å². The third-order valence-electron chi connectivity index (χ3n) is 2.28. The zero-order valence-corrected chi connectivity index (χ0v) is 12.1. The number of anilines is 1. The van der Waals surface area contributed by atoms with Gasteiger partial charge < -0.3 is 0 Å². The first-order valence-corrected chi connectivity index (χ1v) is 7.24. The van der Waals surface area contributed by atoms with Gasteiger partial charge in [-0.25, -0.2) is 4.57 Å². The van der Waals surface area contributed by atoms with E-state index in [1.165, 1.54) is 24.3 Å². The molecule has 0 amide bonds. The standard InChI is InChI=1S/C11H12F6NO3P/c1-18(9-5-3-2-4-6-9)22(19,20-7-10(12,13)14)21-8-11(15,16)17/h2-6H,7-8H2,1H3. The van der Waals surface area contributed by atoms with Crippen molar-refractivity contribution in [2.24, 2.45) is 0 Å². The summed E-state index contributed by atoms with van der Waals surface area (Å²) in [5.74, 6) is 0. The van der Waals surface area contributed by atoms with Crippen LogP contribution in [-0.4, -0.2) is 32.6 Å². The van der Waals surface area contributed by atoms with Crippen LogP contribution in [0.2, 0.25) is 0 Å². The van der Waals surface area contributed by atoms with Crippen LogP contribution < -0.4 is 4.67 Å². The number of hydrogen-bond acceptors (Lipinski definition) is 3. The monoisotopic (exact) mass is 351 g/mol. The fraction of sp³-hybridized carbons (Fsp3) is 0.455. The molecule has 0 atom stereocenters. The second-order valence-corrected chi connectivity index (χ2v) is 6.16. The van der Waals surface area contributed by atoms with Gasteiger partial charge in [-0.3, -0.25) is 13.7 Å². The van der Waals surface area contributed by atoms with Crippen LogP contribution in [-0.2, 0) is 13.6 Å². The minimum absolute atomic E-state index is 0.0789. The first-order chi connectivity index (χ1) is 9.93. The highest BCUT2D eigenvalue weighted by Crippen LogP contribution is 2.54. The summed E-state index contributed by atoms with van der Waals surface area (Å²) in [5.41, 5.74) is 0.0789. The summed E-state index contributed by atoms with van der Waals surface area (Å²) in [6.07, 6.45) is -9.73. The third kappa shape index (κ3) is 6.25. The summed E-state index contributed by atoms with van der Waals surface area (Å²) in [6.45, 7) is -4.00. The maximum atomic E-state index is 12.3. The van der Waals surface area contributed by atoms with Crippen molar-refractivity contribution in [1.29, 1.82) is 0 Å². The predicted molar refractivity (Wildman–Crippen MR) is 66.5 cm³/mol. The molecule has 0 spiro atoms. The van der Waals surface area contributed by atoms with Crippen molar-refractivity contribution in [1.82, 2.24) is 0 Å². The number of para-hydroxylation sites is 1. The topological polar surface area (TPSA) is 38.8 Å². The van der Waals surface area contributed by atoms with Gasteiger partial charge in [0, 0.05) is 12.7 Å². The Labute approximate surface area is 122 Å². The lowest BCUT2D eigenvalue weighted by atomic mass is 10.3. The molecule has 0 aliphatic carbocycles. The first-order valence-electron chi connectivity index (χ1n) is 5.75. The van der Waals surface area contributed by atoms with E-state index in [1.807, 2.05) is 0 Å². The van der Waals surface area contributed by atoms with Crippen LogP contribution in [0.1, 0.15) is 0 Å². The molecule has 126 valence electrons. The van der Waals surface area contributed by atoms with E-state index in [1.54, 1.807) is 6.07 Å². The van der Waals surface area contributed by atoms with Crippen LogP contribution in [0, 0.1) is 0 Å². The van der Waals surface area contributed by atoms with E-state index in [2.05, 4.69) is 9.05 Å². The highest BCUT2D eigenvalue weighted by molar-refractivity contribution is 7.55. The summed E-state index contributed by atoms with van der Waals surface area (Å²) in [7, 11) is -3.82. The van der Waals surface area contributed by atoms with Crippen molar-refractivity contribution in [2.45, 2.75) is 12.4 Å². The Morgan fingerprint density at radius 1 is 0.955 bits per heavy atom. The Bertz CT molecular complexity index is 497. The molecule has 4 nitrogen and oxygen atoms in total. The number of halogens is 6. The average Bonchev–Trinajstić information content (AvgIpc) is 2.42. The molecule has 1 aromatic rings. The minimum atomic E-state index is -4.87. The van der Waals surface area contributed by atoms with Gasteiger partial charge in [0.2, 0.25) is 0 Å². The molecule has 0 radical (unpaired) electrons. The minimum Gasteiger partial charge on any atom is -0.283 e. The number of rotatable bonds is 6.